The summed E-state index contributed by atoms with van der Waals surface area (Å²) in [6.07, 6.45) is 2.89. The van der Waals surface area contributed by atoms with Crippen LogP contribution >= 0.6 is 0 Å². The van der Waals surface area contributed by atoms with E-state index in [1.54, 1.807) is 6.20 Å². The van der Waals surface area contributed by atoms with Crippen molar-refractivity contribution in [1.29, 1.82) is 0 Å². The first-order valence-electron chi connectivity index (χ1n) is 9.30. The molecule has 0 amide bonds. The third-order valence-corrected chi connectivity index (χ3v) is 4.47. The van der Waals surface area contributed by atoms with Crippen LogP contribution in [-0.4, -0.2) is 11.5 Å². The SMILES string of the molecule is CCCNc1cccc(-c2cnc(-c3ccccc3-c3ccccc3)o2)c1. The molecule has 1 aromatic heterocycles. The van der Waals surface area contributed by atoms with Crippen LogP contribution < -0.4 is 5.32 Å². The summed E-state index contributed by atoms with van der Waals surface area (Å²) in [6, 6.07) is 26.8. The van der Waals surface area contributed by atoms with Gasteiger partial charge in [0.2, 0.25) is 5.89 Å². The highest BCUT2D eigenvalue weighted by Crippen LogP contribution is 2.33. The molecule has 4 aromatic rings. The predicted molar refractivity (Wildman–Crippen MR) is 112 cm³/mol. The van der Waals surface area contributed by atoms with Crippen LogP contribution in [0.5, 0.6) is 0 Å². The Labute approximate surface area is 159 Å². The van der Waals surface area contributed by atoms with E-state index >= 15 is 0 Å². The molecule has 0 aliphatic rings. The van der Waals surface area contributed by atoms with Crippen molar-refractivity contribution in [3.63, 3.8) is 0 Å². The third-order valence-electron chi connectivity index (χ3n) is 4.47. The van der Waals surface area contributed by atoms with Gasteiger partial charge in [0.25, 0.3) is 0 Å². The minimum Gasteiger partial charge on any atom is -0.436 e. The summed E-state index contributed by atoms with van der Waals surface area (Å²) in [6.45, 7) is 3.11. The van der Waals surface area contributed by atoms with Crippen LogP contribution in [0, 0.1) is 0 Å². The highest BCUT2D eigenvalue weighted by Gasteiger charge is 2.13. The molecule has 0 unspecified atom stereocenters. The van der Waals surface area contributed by atoms with E-state index in [2.05, 4.69) is 53.6 Å². The van der Waals surface area contributed by atoms with Gasteiger partial charge in [0.1, 0.15) is 0 Å². The molecule has 0 bridgehead atoms. The summed E-state index contributed by atoms with van der Waals surface area (Å²) in [5, 5.41) is 3.41. The lowest BCUT2D eigenvalue weighted by Gasteiger charge is -2.07. The summed E-state index contributed by atoms with van der Waals surface area (Å²) in [5.41, 5.74) is 5.38. The van der Waals surface area contributed by atoms with Crippen LogP contribution in [0.2, 0.25) is 0 Å². The van der Waals surface area contributed by atoms with Gasteiger partial charge in [0.15, 0.2) is 5.76 Å². The average molecular weight is 354 g/mol. The minimum absolute atomic E-state index is 0.636. The van der Waals surface area contributed by atoms with Crippen molar-refractivity contribution in [2.45, 2.75) is 13.3 Å². The molecule has 0 aliphatic heterocycles. The van der Waals surface area contributed by atoms with Gasteiger partial charge in [0.05, 0.1) is 6.20 Å². The van der Waals surface area contributed by atoms with E-state index in [1.807, 2.05) is 42.5 Å². The van der Waals surface area contributed by atoms with Crippen molar-refractivity contribution in [2.75, 3.05) is 11.9 Å². The molecule has 0 saturated heterocycles. The Hall–Kier alpha value is -3.33. The van der Waals surface area contributed by atoms with Crippen molar-refractivity contribution >= 4 is 5.69 Å². The first kappa shape index (κ1) is 17.1. The number of rotatable bonds is 6. The molecule has 1 heterocycles. The zero-order valence-corrected chi connectivity index (χ0v) is 15.4. The number of anilines is 1. The van der Waals surface area contributed by atoms with E-state index in [0.717, 1.165) is 46.7 Å². The quantitative estimate of drug-likeness (QED) is 0.429. The first-order valence-corrected chi connectivity index (χ1v) is 9.30. The molecule has 0 aliphatic carbocycles. The number of nitrogens with one attached hydrogen (secondary N) is 1. The second kappa shape index (κ2) is 7.92. The lowest BCUT2D eigenvalue weighted by molar-refractivity contribution is 0.589. The van der Waals surface area contributed by atoms with Gasteiger partial charge in [-0.1, -0.05) is 67.6 Å². The van der Waals surface area contributed by atoms with Gasteiger partial charge >= 0.3 is 0 Å². The molecular formula is C24H22N2O. The maximum atomic E-state index is 6.14. The van der Waals surface area contributed by atoms with Crippen molar-refractivity contribution in [1.82, 2.24) is 4.98 Å². The smallest absolute Gasteiger partial charge is 0.227 e. The second-order valence-electron chi connectivity index (χ2n) is 6.45. The Kier molecular flexibility index (Phi) is 5.01. The lowest BCUT2D eigenvalue weighted by atomic mass is 10.00. The molecule has 3 nitrogen and oxygen atoms in total. The fraction of sp³-hybridized carbons (Fsp3) is 0.125. The van der Waals surface area contributed by atoms with Crippen LogP contribution in [0.3, 0.4) is 0 Å². The predicted octanol–water partition coefficient (Wildman–Crippen LogP) is 6.50. The fourth-order valence-corrected chi connectivity index (χ4v) is 3.12. The normalized spacial score (nSPS) is 10.7. The van der Waals surface area contributed by atoms with Crippen molar-refractivity contribution in [3.05, 3.63) is 85.1 Å². The maximum absolute atomic E-state index is 6.14. The van der Waals surface area contributed by atoms with Crippen LogP contribution in [0.4, 0.5) is 5.69 Å². The zero-order valence-electron chi connectivity index (χ0n) is 15.4. The molecule has 4 rings (SSSR count). The van der Waals surface area contributed by atoms with E-state index in [0.29, 0.717) is 5.89 Å². The number of oxazole rings is 1. The highest BCUT2D eigenvalue weighted by atomic mass is 16.4. The average Bonchev–Trinajstić information content (AvgIpc) is 3.23. The lowest BCUT2D eigenvalue weighted by Crippen LogP contribution is -1.99. The number of nitrogens with zero attached hydrogens (tertiary/aromatic N) is 1. The van der Waals surface area contributed by atoms with Gasteiger partial charge in [-0.25, -0.2) is 4.98 Å². The molecule has 0 radical (unpaired) electrons. The second-order valence-corrected chi connectivity index (χ2v) is 6.45. The molecule has 27 heavy (non-hydrogen) atoms. The van der Waals surface area contributed by atoms with Gasteiger partial charge in [-0.15, -0.1) is 0 Å². The van der Waals surface area contributed by atoms with E-state index in [1.165, 1.54) is 0 Å². The Balaban J connectivity index is 1.68. The van der Waals surface area contributed by atoms with Crippen molar-refractivity contribution < 1.29 is 4.42 Å². The first-order chi connectivity index (χ1) is 13.3. The zero-order chi connectivity index (χ0) is 18.5. The van der Waals surface area contributed by atoms with E-state index in [4.69, 9.17) is 4.42 Å². The molecular weight excluding hydrogens is 332 g/mol. The Morgan fingerprint density at radius 1 is 0.815 bits per heavy atom. The summed E-state index contributed by atoms with van der Waals surface area (Å²) in [7, 11) is 0. The fourth-order valence-electron chi connectivity index (χ4n) is 3.12. The van der Waals surface area contributed by atoms with Gasteiger partial charge in [-0.2, -0.15) is 0 Å². The molecule has 134 valence electrons. The van der Waals surface area contributed by atoms with Crippen LogP contribution in [-0.2, 0) is 0 Å². The van der Waals surface area contributed by atoms with E-state index in [-0.39, 0.29) is 0 Å². The number of hydrogen-bond donors (Lipinski definition) is 1. The van der Waals surface area contributed by atoms with Crippen molar-refractivity contribution in [3.8, 4) is 33.9 Å². The van der Waals surface area contributed by atoms with Crippen molar-refractivity contribution in [2.24, 2.45) is 0 Å². The largest absolute Gasteiger partial charge is 0.436 e. The van der Waals surface area contributed by atoms with Crippen LogP contribution in [0.15, 0.2) is 89.5 Å². The number of hydrogen-bond acceptors (Lipinski definition) is 3. The summed E-state index contributed by atoms with van der Waals surface area (Å²) in [5.74, 6) is 1.41. The molecule has 0 saturated carbocycles. The van der Waals surface area contributed by atoms with Crippen LogP contribution in [0.25, 0.3) is 33.9 Å². The van der Waals surface area contributed by atoms with Gasteiger partial charge in [-0.05, 0) is 35.7 Å². The third kappa shape index (κ3) is 3.77. The standard InChI is InChI=1S/C24H22N2O/c1-2-15-25-20-12-8-11-19(16-20)23-17-26-24(27-23)22-14-7-6-13-21(22)18-9-4-3-5-10-18/h3-14,16-17,25H,2,15H2,1H3. The minimum atomic E-state index is 0.636. The Bertz CT molecular complexity index is 1020. The molecule has 3 aromatic carbocycles. The number of benzene rings is 3. The Morgan fingerprint density at radius 2 is 1.56 bits per heavy atom. The van der Waals surface area contributed by atoms with Gasteiger partial charge in [0, 0.05) is 23.4 Å². The number of aromatic nitrogens is 1. The Morgan fingerprint density at radius 3 is 2.37 bits per heavy atom. The summed E-state index contributed by atoms with van der Waals surface area (Å²) < 4.78 is 6.14. The molecule has 1 N–H and O–H groups in total. The van der Waals surface area contributed by atoms with Gasteiger partial charge < -0.3 is 9.73 Å². The topological polar surface area (TPSA) is 38.1 Å². The maximum Gasteiger partial charge on any atom is 0.227 e. The molecule has 3 heteroatoms. The van der Waals surface area contributed by atoms with E-state index in [9.17, 15) is 0 Å². The molecule has 0 spiro atoms. The summed E-state index contributed by atoms with van der Waals surface area (Å²) in [4.78, 5) is 4.55. The van der Waals surface area contributed by atoms with E-state index < -0.39 is 0 Å². The highest BCUT2D eigenvalue weighted by molar-refractivity contribution is 5.80. The molecule has 0 atom stereocenters. The monoisotopic (exact) mass is 354 g/mol. The van der Waals surface area contributed by atoms with Crippen LogP contribution in [0.1, 0.15) is 13.3 Å². The van der Waals surface area contributed by atoms with Gasteiger partial charge in [-0.3, -0.25) is 0 Å². The molecule has 0 fully saturated rings. The summed E-state index contributed by atoms with van der Waals surface area (Å²) >= 11 is 0.